The van der Waals surface area contributed by atoms with E-state index in [1.807, 2.05) is 20.8 Å². The number of hydrogen-bond acceptors (Lipinski definition) is 7. The number of rotatable bonds is 13. The molecule has 1 heterocycles. The number of methoxy groups -OCH3 is 1. The Morgan fingerprint density at radius 2 is 1.79 bits per heavy atom. The molecule has 39 heavy (non-hydrogen) atoms. The Bertz CT molecular complexity index is 1230. The molecule has 1 saturated heterocycles. The number of likely N-dealkylation sites (N-methyl/N-ethyl adjacent to an activating group) is 1. The summed E-state index contributed by atoms with van der Waals surface area (Å²) in [6.45, 7) is 16.4. The first-order chi connectivity index (χ1) is 18.7. The summed E-state index contributed by atoms with van der Waals surface area (Å²) in [7, 11) is 1.53. The summed E-state index contributed by atoms with van der Waals surface area (Å²) in [5, 5.41) is 11.5. The Morgan fingerprint density at radius 1 is 1.10 bits per heavy atom. The number of ether oxygens (including phenoxy) is 3. The van der Waals surface area contributed by atoms with Crippen LogP contribution in [0.3, 0.4) is 0 Å². The zero-order valence-electron chi connectivity index (χ0n) is 23.8. The molecule has 1 fully saturated rings. The molecular weight excluding hydrogens is 496 g/mol. The number of hydrogen-bond donors (Lipinski definition) is 1. The van der Waals surface area contributed by atoms with E-state index in [0.717, 1.165) is 18.7 Å². The first-order valence-corrected chi connectivity index (χ1v) is 13.4. The van der Waals surface area contributed by atoms with E-state index in [1.54, 1.807) is 42.5 Å². The van der Waals surface area contributed by atoms with Crippen LogP contribution in [0.15, 0.2) is 54.6 Å². The third-order valence-electron chi connectivity index (χ3n) is 6.76. The van der Waals surface area contributed by atoms with Gasteiger partial charge in [0, 0.05) is 18.7 Å². The minimum absolute atomic E-state index is 0.00677. The molecule has 1 aliphatic heterocycles. The lowest BCUT2D eigenvalue weighted by Gasteiger charge is -2.28. The van der Waals surface area contributed by atoms with Crippen LogP contribution in [0.1, 0.15) is 50.4 Å². The van der Waals surface area contributed by atoms with Crippen LogP contribution in [0, 0.1) is 6.92 Å². The van der Waals surface area contributed by atoms with Crippen LogP contribution in [0.25, 0.3) is 5.76 Å². The Kier molecular flexibility index (Phi) is 10.2. The van der Waals surface area contributed by atoms with Gasteiger partial charge in [-0.05, 0) is 75.3 Å². The molecule has 1 aliphatic rings. The molecule has 0 radical (unpaired) electrons. The summed E-state index contributed by atoms with van der Waals surface area (Å²) < 4.78 is 17.1. The number of aryl methyl sites for hydroxylation is 1. The summed E-state index contributed by atoms with van der Waals surface area (Å²) in [5.41, 5.74) is 1.92. The lowest BCUT2D eigenvalue weighted by Crippen LogP contribution is -2.38. The first-order valence-electron chi connectivity index (χ1n) is 13.4. The molecule has 0 aromatic heterocycles. The average molecular weight is 537 g/mol. The van der Waals surface area contributed by atoms with Gasteiger partial charge in [-0.3, -0.25) is 9.59 Å². The lowest BCUT2D eigenvalue weighted by atomic mass is 9.94. The van der Waals surface area contributed by atoms with Gasteiger partial charge in [0.1, 0.15) is 18.1 Å². The third kappa shape index (κ3) is 6.63. The van der Waals surface area contributed by atoms with Gasteiger partial charge in [0.05, 0.1) is 24.8 Å². The van der Waals surface area contributed by atoms with Gasteiger partial charge in [-0.1, -0.05) is 32.6 Å². The van der Waals surface area contributed by atoms with E-state index in [0.29, 0.717) is 48.1 Å². The van der Waals surface area contributed by atoms with Crippen LogP contribution in [0.4, 0.5) is 0 Å². The standard InChI is InChI=1S/C31H40N2O6/c1-8-17-38-25-14-11-22(19-26(25)37-7)28-27(30(35)31(36)33(28)16-15-32(9-2)10-3)29(34)23-12-13-24(21(6)18-23)39-20(4)5/h8,11-14,18-20,28,34H,1,9-10,15-17H2,2-7H3. The monoisotopic (exact) mass is 536 g/mol. The molecule has 0 aliphatic carbocycles. The maximum absolute atomic E-state index is 13.4. The first kappa shape index (κ1) is 29.8. The van der Waals surface area contributed by atoms with E-state index in [2.05, 4.69) is 25.3 Å². The molecule has 1 unspecified atom stereocenters. The number of carbonyl (C=O) groups is 2. The third-order valence-corrected chi connectivity index (χ3v) is 6.76. The van der Waals surface area contributed by atoms with Gasteiger partial charge in [-0.2, -0.15) is 0 Å². The number of aliphatic hydroxyl groups excluding tert-OH is 1. The average Bonchev–Trinajstić information content (AvgIpc) is 3.17. The minimum Gasteiger partial charge on any atom is -0.507 e. The second-order valence-corrected chi connectivity index (χ2v) is 9.68. The highest BCUT2D eigenvalue weighted by atomic mass is 16.5. The topological polar surface area (TPSA) is 88.5 Å². The van der Waals surface area contributed by atoms with Gasteiger partial charge in [-0.15, -0.1) is 0 Å². The van der Waals surface area contributed by atoms with Crippen molar-refractivity contribution in [3.05, 3.63) is 71.3 Å². The lowest BCUT2D eigenvalue weighted by molar-refractivity contribution is -0.140. The van der Waals surface area contributed by atoms with Crippen LogP contribution >= 0.6 is 0 Å². The number of benzene rings is 2. The van der Waals surface area contributed by atoms with Crippen molar-refractivity contribution in [3.8, 4) is 17.2 Å². The number of nitrogens with zero attached hydrogens (tertiary/aromatic N) is 2. The number of ketones is 1. The Hall–Kier alpha value is -3.78. The van der Waals surface area contributed by atoms with E-state index >= 15 is 0 Å². The minimum atomic E-state index is -0.796. The normalized spacial score (nSPS) is 16.7. The summed E-state index contributed by atoms with van der Waals surface area (Å²) in [4.78, 5) is 30.5. The van der Waals surface area contributed by atoms with Gasteiger partial charge >= 0.3 is 0 Å². The van der Waals surface area contributed by atoms with Crippen molar-refractivity contribution < 1.29 is 28.9 Å². The number of amides is 1. The second kappa shape index (κ2) is 13.3. The largest absolute Gasteiger partial charge is 0.507 e. The summed E-state index contributed by atoms with van der Waals surface area (Å²) in [6.07, 6.45) is 1.63. The molecule has 2 aromatic rings. The Morgan fingerprint density at radius 3 is 2.38 bits per heavy atom. The molecule has 8 nitrogen and oxygen atoms in total. The van der Waals surface area contributed by atoms with Gasteiger partial charge in [0.15, 0.2) is 11.5 Å². The van der Waals surface area contributed by atoms with E-state index in [4.69, 9.17) is 14.2 Å². The molecule has 8 heteroatoms. The highest BCUT2D eigenvalue weighted by Gasteiger charge is 2.46. The van der Waals surface area contributed by atoms with Gasteiger partial charge < -0.3 is 29.1 Å². The van der Waals surface area contributed by atoms with Crippen molar-refractivity contribution in [1.82, 2.24) is 9.80 Å². The fourth-order valence-electron chi connectivity index (χ4n) is 4.71. The number of carbonyl (C=O) groups excluding carboxylic acids is 2. The van der Waals surface area contributed by atoms with E-state index in [9.17, 15) is 14.7 Å². The summed E-state index contributed by atoms with van der Waals surface area (Å²) in [6, 6.07) is 9.72. The quantitative estimate of drug-likeness (QED) is 0.165. The molecule has 3 rings (SSSR count). The van der Waals surface area contributed by atoms with E-state index < -0.39 is 17.7 Å². The van der Waals surface area contributed by atoms with Crippen LogP contribution in [0.2, 0.25) is 0 Å². The number of Topliss-reactive ketones (excluding diaryl/α,β-unsaturated/α-hetero) is 1. The molecule has 0 spiro atoms. The van der Waals surface area contributed by atoms with Crippen molar-refractivity contribution in [3.63, 3.8) is 0 Å². The Labute approximate surface area is 231 Å². The van der Waals surface area contributed by atoms with E-state index in [-0.39, 0.29) is 17.4 Å². The molecular formula is C31H40N2O6. The zero-order valence-corrected chi connectivity index (χ0v) is 23.8. The SMILES string of the molecule is C=CCOc1ccc(C2C(=C(O)c3ccc(OC(C)C)c(C)c3)C(=O)C(=O)N2CCN(CC)CC)cc1OC. The predicted octanol–water partition coefficient (Wildman–Crippen LogP) is 5.12. The van der Waals surface area contributed by atoms with Gasteiger partial charge in [-0.25, -0.2) is 0 Å². The van der Waals surface area contributed by atoms with Crippen molar-refractivity contribution in [1.29, 1.82) is 0 Å². The second-order valence-electron chi connectivity index (χ2n) is 9.68. The van der Waals surface area contributed by atoms with Gasteiger partial charge in [0.25, 0.3) is 11.7 Å². The zero-order chi connectivity index (χ0) is 28.7. The molecule has 1 atom stereocenters. The molecule has 2 aromatic carbocycles. The molecule has 1 amide bonds. The number of likely N-dealkylation sites (tertiary alicyclic amines) is 1. The maximum Gasteiger partial charge on any atom is 0.295 e. The van der Waals surface area contributed by atoms with Crippen LogP contribution in [0.5, 0.6) is 17.2 Å². The van der Waals surface area contributed by atoms with Crippen LogP contribution in [-0.4, -0.2) is 72.6 Å². The fraction of sp³-hybridized carbons (Fsp3) is 0.419. The summed E-state index contributed by atoms with van der Waals surface area (Å²) >= 11 is 0. The highest BCUT2D eigenvalue weighted by molar-refractivity contribution is 6.46. The van der Waals surface area contributed by atoms with Crippen molar-refractivity contribution >= 4 is 17.4 Å². The Balaban J connectivity index is 2.14. The maximum atomic E-state index is 13.4. The fourth-order valence-corrected chi connectivity index (χ4v) is 4.71. The molecule has 0 bridgehead atoms. The predicted molar refractivity (Wildman–Crippen MR) is 152 cm³/mol. The molecule has 210 valence electrons. The summed E-state index contributed by atoms with van der Waals surface area (Å²) in [5.74, 6) is 0.0677. The van der Waals surface area contributed by atoms with Gasteiger partial charge in [0.2, 0.25) is 0 Å². The highest BCUT2D eigenvalue weighted by Crippen LogP contribution is 2.42. The van der Waals surface area contributed by atoms with Crippen LogP contribution < -0.4 is 14.2 Å². The van der Waals surface area contributed by atoms with Crippen LogP contribution in [-0.2, 0) is 9.59 Å². The van der Waals surface area contributed by atoms with Crippen molar-refractivity contribution in [2.75, 3.05) is 39.9 Å². The van der Waals surface area contributed by atoms with E-state index in [1.165, 1.54) is 12.0 Å². The van der Waals surface area contributed by atoms with Crippen molar-refractivity contribution in [2.24, 2.45) is 0 Å². The smallest absolute Gasteiger partial charge is 0.295 e. The number of aliphatic hydroxyl groups is 1. The van der Waals surface area contributed by atoms with Crippen molar-refractivity contribution in [2.45, 2.75) is 46.8 Å². The molecule has 1 N–H and O–H groups in total. The molecule has 0 saturated carbocycles.